The number of amides is 2. The number of fused-ring (bicyclic) bond motifs is 1. The van der Waals surface area contributed by atoms with Crippen LogP contribution in [0.5, 0.6) is 5.75 Å². The van der Waals surface area contributed by atoms with Crippen LogP contribution in [0.1, 0.15) is 12.0 Å². The molecule has 3 heterocycles. The Balaban J connectivity index is 1.19. The number of nitrogens with zero attached hydrogens (tertiary/aromatic N) is 5. The summed E-state index contributed by atoms with van der Waals surface area (Å²) in [5.74, 6) is -0.501. The Morgan fingerprint density at radius 1 is 1.16 bits per heavy atom. The third-order valence-corrected chi connectivity index (χ3v) is 6.42. The minimum absolute atomic E-state index is 0.0589. The van der Waals surface area contributed by atoms with Gasteiger partial charge in [0.25, 0.3) is 5.56 Å². The Hall–Kier alpha value is -4.54. The lowest BCUT2D eigenvalue weighted by atomic mass is 10.1. The maximum absolute atomic E-state index is 14.0. The maximum Gasteiger partial charge on any atom is 0.264 e. The van der Waals surface area contributed by atoms with E-state index < -0.39 is 11.7 Å². The van der Waals surface area contributed by atoms with Crippen molar-refractivity contribution in [1.82, 2.24) is 24.6 Å². The number of ether oxygens (including phenoxy) is 1. The minimum Gasteiger partial charge on any atom is -0.497 e. The summed E-state index contributed by atoms with van der Waals surface area (Å²) in [6.07, 6.45) is 2.92. The molecule has 4 aromatic rings. The zero-order valence-corrected chi connectivity index (χ0v) is 20.1. The van der Waals surface area contributed by atoms with Crippen molar-refractivity contribution in [2.24, 2.45) is 5.92 Å². The molecule has 190 valence electrons. The van der Waals surface area contributed by atoms with Gasteiger partial charge in [0.1, 0.15) is 23.3 Å². The predicted molar refractivity (Wildman–Crippen MR) is 134 cm³/mol. The first-order valence-electron chi connectivity index (χ1n) is 11.8. The third kappa shape index (κ3) is 4.92. The Bertz CT molecular complexity index is 1510. The molecule has 1 aliphatic rings. The van der Waals surface area contributed by atoms with E-state index in [1.54, 1.807) is 54.5 Å². The molecule has 2 amide bonds. The number of rotatable bonds is 8. The van der Waals surface area contributed by atoms with Crippen LogP contribution in [0.15, 0.2) is 65.8 Å². The van der Waals surface area contributed by atoms with Crippen LogP contribution in [0.2, 0.25) is 0 Å². The number of carbonyl (C=O) groups is 2. The zero-order chi connectivity index (χ0) is 25.9. The SMILES string of the molecule is COc1ccc(N2CC(C(=O)NCCn3ncc4c(=O)n(Cc5ccccc5F)cnc43)CC2=O)cc1. The smallest absolute Gasteiger partial charge is 0.264 e. The highest BCUT2D eigenvalue weighted by Gasteiger charge is 2.35. The Labute approximate surface area is 211 Å². The molecule has 0 saturated carbocycles. The number of aromatic nitrogens is 4. The molecule has 5 rings (SSSR count). The number of methoxy groups -OCH3 is 1. The van der Waals surface area contributed by atoms with Crippen LogP contribution < -0.4 is 20.5 Å². The van der Waals surface area contributed by atoms with E-state index in [1.165, 1.54) is 27.8 Å². The van der Waals surface area contributed by atoms with Crippen LogP contribution in [-0.2, 0) is 22.7 Å². The number of hydrogen-bond acceptors (Lipinski definition) is 6. The highest BCUT2D eigenvalue weighted by Crippen LogP contribution is 2.27. The van der Waals surface area contributed by atoms with E-state index in [0.29, 0.717) is 35.4 Å². The summed E-state index contributed by atoms with van der Waals surface area (Å²) in [5.41, 5.74) is 1.16. The van der Waals surface area contributed by atoms with Gasteiger partial charge in [-0.25, -0.2) is 14.1 Å². The van der Waals surface area contributed by atoms with Crippen molar-refractivity contribution in [2.75, 3.05) is 25.1 Å². The summed E-state index contributed by atoms with van der Waals surface area (Å²) < 4.78 is 22.0. The first-order valence-corrected chi connectivity index (χ1v) is 11.8. The summed E-state index contributed by atoms with van der Waals surface area (Å²) in [4.78, 5) is 44.0. The number of hydrogen-bond donors (Lipinski definition) is 1. The van der Waals surface area contributed by atoms with Gasteiger partial charge in [-0.3, -0.25) is 19.0 Å². The number of halogens is 1. The Kier molecular flexibility index (Phi) is 6.67. The van der Waals surface area contributed by atoms with E-state index in [1.807, 2.05) is 0 Å². The molecule has 1 fully saturated rings. The van der Waals surface area contributed by atoms with Crippen molar-refractivity contribution >= 4 is 28.5 Å². The van der Waals surface area contributed by atoms with Gasteiger partial charge in [-0.1, -0.05) is 18.2 Å². The fourth-order valence-corrected chi connectivity index (χ4v) is 4.41. The van der Waals surface area contributed by atoms with Gasteiger partial charge in [0.2, 0.25) is 11.8 Å². The number of anilines is 1. The fourth-order valence-electron chi connectivity index (χ4n) is 4.41. The van der Waals surface area contributed by atoms with Gasteiger partial charge < -0.3 is 15.0 Å². The normalized spacial score (nSPS) is 15.4. The fraction of sp³-hybridized carbons (Fsp3) is 0.269. The summed E-state index contributed by atoms with van der Waals surface area (Å²) in [7, 11) is 1.57. The van der Waals surface area contributed by atoms with Crippen LogP contribution in [0.3, 0.4) is 0 Å². The molecule has 1 N–H and O–H groups in total. The Morgan fingerprint density at radius 2 is 1.95 bits per heavy atom. The quantitative estimate of drug-likeness (QED) is 0.393. The third-order valence-electron chi connectivity index (χ3n) is 6.42. The second-order valence-corrected chi connectivity index (χ2v) is 8.77. The molecule has 2 aromatic carbocycles. The molecule has 2 aromatic heterocycles. The second-order valence-electron chi connectivity index (χ2n) is 8.77. The van der Waals surface area contributed by atoms with Crippen LogP contribution in [0.25, 0.3) is 11.0 Å². The van der Waals surface area contributed by atoms with Crippen LogP contribution >= 0.6 is 0 Å². The van der Waals surface area contributed by atoms with E-state index in [-0.39, 0.29) is 36.9 Å². The van der Waals surface area contributed by atoms with Crippen LogP contribution in [0.4, 0.5) is 10.1 Å². The lowest BCUT2D eigenvalue weighted by molar-refractivity contribution is -0.126. The first kappa shape index (κ1) is 24.2. The molecule has 37 heavy (non-hydrogen) atoms. The molecule has 1 unspecified atom stereocenters. The lowest BCUT2D eigenvalue weighted by Crippen LogP contribution is -2.35. The molecule has 11 heteroatoms. The molecular formula is C26H25FN6O4. The van der Waals surface area contributed by atoms with Crippen molar-refractivity contribution in [3.05, 3.63) is 82.8 Å². The monoisotopic (exact) mass is 504 g/mol. The van der Waals surface area contributed by atoms with E-state index in [9.17, 15) is 18.8 Å². The average Bonchev–Trinajstić information content (AvgIpc) is 3.51. The van der Waals surface area contributed by atoms with Gasteiger partial charge in [0, 0.05) is 30.8 Å². The molecule has 0 bridgehead atoms. The second kappa shape index (κ2) is 10.2. The average molecular weight is 505 g/mol. The van der Waals surface area contributed by atoms with Gasteiger partial charge >= 0.3 is 0 Å². The van der Waals surface area contributed by atoms with Crippen molar-refractivity contribution in [1.29, 1.82) is 0 Å². The first-order chi connectivity index (χ1) is 17.9. The van der Waals surface area contributed by atoms with E-state index in [0.717, 1.165) is 5.69 Å². The van der Waals surface area contributed by atoms with E-state index in [2.05, 4.69) is 15.4 Å². The van der Waals surface area contributed by atoms with Gasteiger partial charge in [-0.15, -0.1) is 0 Å². The summed E-state index contributed by atoms with van der Waals surface area (Å²) in [6, 6.07) is 13.4. The van der Waals surface area contributed by atoms with Gasteiger partial charge in [-0.05, 0) is 30.3 Å². The standard InChI is InChI=1S/C26H25FN6O4/c1-37-20-8-6-19(7-9-20)32-15-18(12-23(32)34)25(35)28-10-11-33-24-21(13-30-33)26(36)31(16-29-24)14-17-4-2-3-5-22(17)27/h2-9,13,16,18H,10-12,14-15H2,1H3,(H,28,35). The molecule has 0 spiro atoms. The number of carbonyl (C=O) groups excluding carboxylic acids is 2. The van der Waals surface area contributed by atoms with Gasteiger partial charge in [-0.2, -0.15) is 5.10 Å². The topological polar surface area (TPSA) is 111 Å². The molecular weight excluding hydrogens is 479 g/mol. The summed E-state index contributed by atoms with van der Waals surface area (Å²) in [5, 5.41) is 7.40. The molecule has 1 atom stereocenters. The summed E-state index contributed by atoms with van der Waals surface area (Å²) >= 11 is 0. The van der Waals surface area contributed by atoms with E-state index >= 15 is 0 Å². The predicted octanol–water partition coefficient (Wildman–Crippen LogP) is 1.96. The highest BCUT2D eigenvalue weighted by molar-refractivity contribution is 6.00. The van der Waals surface area contributed by atoms with Crippen molar-refractivity contribution < 1.29 is 18.7 Å². The maximum atomic E-state index is 14.0. The van der Waals surface area contributed by atoms with Crippen LogP contribution in [-0.4, -0.2) is 51.3 Å². The summed E-state index contributed by atoms with van der Waals surface area (Å²) in [6.45, 7) is 0.902. The van der Waals surface area contributed by atoms with Crippen molar-refractivity contribution in [2.45, 2.75) is 19.5 Å². The zero-order valence-electron chi connectivity index (χ0n) is 20.1. The minimum atomic E-state index is -0.465. The number of nitrogens with one attached hydrogen (secondary N) is 1. The molecule has 1 saturated heterocycles. The molecule has 0 radical (unpaired) electrons. The van der Waals surface area contributed by atoms with Gasteiger partial charge in [0.15, 0.2) is 5.65 Å². The van der Waals surface area contributed by atoms with Crippen LogP contribution in [0, 0.1) is 11.7 Å². The largest absolute Gasteiger partial charge is 0.497 e. The van der Waals surface area contributed by atoms with Crippen molar-refractivity contribution in [3.63, 3.8) is 0 Å². The molecule has 10 nitrogen and oxygen atoms in total. The molecule has 1 aliphatic heterocycles. The lowest BCUT2D eigenvalue weighted by Gasteiger charge is -2.17. The Morgan fingerprint density at radius 3 is 2.70 bits per heavy atom. The van der Waals surface area contributed by atoms with Gasteiger partial charge in [0.05, 0.1) is 32.3 Å². The van der Waals surface area contributed by atoms with Crippen molar-refractivity contribution in [3.8, 4) is 5.75 Å². The molecule has 0 aliphatic carbocycles. The highest BCUT2D eigenvalue weighted by atomic mass is 19.1. The number of benzene rings is 2. The van der Waals surface area contributed by atoms with E-state index in [4.69, 9.17) is 4.74 Å².